The molecule has 2 rings (SSSR count). The van der Waals surface area contributed by atoms with Crippen LogP contribution in [0.4, 0.5) is 11.6 Å². The molecular formula is C12H20N4O2. The third-order valence-corrected chi connectivity index (χ3v) is 3.28. The molecular weight excluding hydrogens is 232 g/mol. The first-order valence-corrected chi connectivity index (χ1v) is 6.27. The topological polar surface area (TPSA) is 84.5 Å². The molecule has 0 saturated carbocycles. The summed E-state index contributed by atoms with van der Waals surface area (Å²) < 4.78 is 5.54. The number of anilines is 2. The molecule has 0 spiro atoms. The van der Waals surface area contributed by atoms with Crippen LogP contribution in [0.3, 0.4) is 0 Å². The van der Waals surface area contributed by atoms with E-state index in [1.807, 2.05) is 6.92 Å². The number of rotatable bonds is 4. The summed E-state index contributed by atoms with van der Waals surface area (Å²) in [6.07, 6.45) is 3.64. The third kappa shape index (κ3) is 2.88. The lowest BCUT2D eigenvalue weighted by atomic mass is 10.1. The van der Waals surface area contributed by atoms with Crippen molar-refractivity contribution in [2.45, 2.75) is 25.9 Å². The smallest absolute Gasteiger partial charge is 0.137 e. The van der Waals surface area contributed by atoms with Crippen molar-refractivity contribution < 1.29 is 9.84 Å². The molecule has 0 amide bonds. The molecule has 0 radical (unpaired) electrons. The Morgan fingerprint density at radius 1 is 1.44 bits per heavy atom. The molecule has 0 aliphatic carbocycles. The van der Waals surface area contributed by atoms with Gasteiger partial charge in [-0.1, -0.05) is 0 Å². The van der Waals surface area contributed by atoms with Gasteiger partial charge in [-0.2, -0.15) is 0 Å². The van der Waals surface area contributed by atoms with Crippen LogP contribution in [-0.4, -0.2) is 47.5 Å². The van der Waals surface area contributed by atoms with E-state index in [1.165, 1.54) is 6.33 Å². The van der Waals surface area contributed by atoms with Crippen LogP contribution in [0.2, 0.25) is 0 Å². The Kier molecular flexibility index (Phi) is 4.33. The Balaban J connectivity index is 1.95. The van der Waals surface area contributed by atoms with Crippen LogP contribution in [0.25, 0.3) is 0 Å². The predicted octanol–water partition coefficient (Wildman–Crippen LogP) is 0.345. The first kappa shape index (κ1) is 13.0. The molecule has 18 heavy (non-hydrogen) atoms. The number of aliphatic hydroxyl groups excluding tert-OH is 1. The van der Waals surface area contributed by atoms with E-state index in [9.17, 15) is 0 Å². The fourth-order valence-electron chi connectivity index (χ4n) is 2.23. The number of nitrogen functional groups attached to an aromatic ring is 1. The van der Waals surface area contributed by atoms with E-state index < -0.39 is 0 Å². The minimum atomic E-state index is 0.0851. The molecule has 100 valence electrons. The normalized spacial score (nSPS) is 17.1. The van der Waals surface area contributed by atoms with Gasteiger partial charge in [-0.15, -0.1) is 0 Å². The van der Waals surface area contributed by atoms with E-state index in [2.05, 4.69) is 14.9 Å². The van der Waals surface area contributed by atoms with Crippen molar-refractivity contribution in [3.8, 4) is 0 Å². The molecule has 0 unspecified atom stereocenters. The van der Waals surface area contributed by atoms with E-state index in [0.717, 1.165) is 37.3 Å². The standard InChI is InChI=1S/C12H20N4O2/c1-9-11(13)14-8-15-12(9)16-4-2-10(3-5-16)18-7-6-17/h8,10,17H,2-7H2,1H3,(H2,13,14,15). The second-order valence-corrected chi connectivity index (χ2v) is 4.49. The highest BCUT2D eigenvalue weighted by molar-refractivity contribution is 5.55. The molecule has 2 heterocycles. The van der Waals surface area contributed by atoms with Crippen LogP contribution < -0.4 is 10.6 Å². The van der Waals surface area contributed by atoms with Crippen molar-refractivity contribution >= 4 is 11.6 Å². The summed E-state index contributed by atoms with van der Waals surface area (Å²) in [5.41, 5.74) is 6.73. The highest BCUT2D eigenvalue weighted by Gasteiger charge is 2.22. The summed E-state index contributed by atoms with van der Waals surface area (Å²) >= 11 is 0. The summed E-state index contributed by atoms with van der Waals surface area (Å²) in [5, 5.41) is 8.73. The predicted molar refractivity (Wildman–Crippen MR) is 69.5 cm³/mol. The van der Waals surface area contributed by atoms with Crippen molar-refractivity contribution in [2.24, 2.45) is 0 Å². The minimum Gasteiger partial charge on any atom is -0.394 e. The Labute approximate surface area is 107 Å². The summed E-state index contributed by atoms with van der Waals surface area (Å²) in [5.74, 6) is 1.46. The second-order valence-electron chi connectivity index (χ2n) is 4.49. The molecule has 1 aromatic rings. The molecule has 3 N–H and O–H groups in total. The highest BCUT2D eigenvalue weighted by atomic mass is 16.5. The van der Waals surface area contributed by atoms with Crippen LogP contribution >= 0.6 is 0 Å². The quantitative estimate of drug-likeness (QED) is 0.804. The van der Waals surface area contributed by atoms with Gasteiger partial charge in [-0.05, 0) is 19.8 Å². The number of nitrogens with two attached hydrogens (primary N) is 1. The Bertz CT molecular complexity index is 392. The molecule has 6 heteroatoms. The van der Waals surface area contributed by atoms with E-state index >= 15 is 0 Å². The average Bonchev–Trinajstić information content (AvgIpc) is 2.40. The number of hydrogen-bond acceptors (Lipinski definition) is 6. The first-order valence-electron chi connectivity index (χ1n) is 6.27. The number of hydrogen-bond donors (Lipinski definition) is 2. The van der Waals surface area contributed by atoms with Gasteiger partial charge < -0.3 is 20.5 Å². The summed E-state index contributed by atoms with van der Waals surface area (Å²) in [6.45, 7) is 4.24. The van der Waals surface area contributed by atoms with Gasteiger partial charge in [0.1, 0.15) is 18.0 Å². The molecule has 0 atom stereocenters. The van der Waals surface area contributed by atoms with Crippen LogP contribution in [0.15, 0.2) is 6.33 Å². The summed E-state index contributed by atoms with van der Waals surface area (Å²) in [6, 6.07) is 0. The molecule has 1 aliphatic rings. The van der Waals surface area contributed by atoms with Crippen molar-refractivity contribution in [1.29, 1.82) is 0 Å². The maximum Gasteiger partial charge on any atom is 0.137 e. The second kappa shape index (κ2) is 5.97. The molecule has 0 bridgehead atoms. The van der Waals surface area contributed by atoms with Gasteiger partial charge >= 0.3 is 0 Å². The fourth-order valence-corrected chi connectivity index (χ4v) is 2.23. The van der Waals surface area contributed by atoms with Crippen LogP contribution in [-0.2, 0) is 4.74 Å². The van der Waals surface area contributed by atoms with Gasteiger partial charge in [-0.25, -0.2) is 9.97 Å². The van der Waals surface area contributed by atoms with E-state index in [0.29, 0.717) is 12.4 Å². The number of aliphatic hydroxyl groups is 1. The lowest BCUT2D eigenvalue weighted by Gasteiger charge is -2.33. The highest BCUT2D eigenvalue weighted by Crippen LogP contribution is 2.24. The molecule has 1 fully saturated rings. The van der Waals surface area contributed by atoms with Crippen LogP contribution in [0, 0.1) is 6.92 Å². The van der Waals surface area contributed by atoms with Gasteiger partial charge in [0.15, 0.2) is 0 Å². The number of nitrogens with zero attached hydrogens (tertiary/aromatic N) is 3. The Hall–Kier alpha value is -1.40. The van der Waals surface area contributed by atoms with Crippen molar-refractivity contribution in [1.82, 2.24) is 9.97 Å². The number of piperidine rings is 1. The Morgan fingerprint density at radius 3 is 2.83 bits per heavy atom. The lowest BCUT2D eigenvalue weighted by Crippen LogP contribution is -2.38. The Morgan fingerprint density at radius 2 is 2.17 bits per heavy atom. The number of aromatic nitrogens is 2. The minimum absolute atomic E-state index is 0.0851. The molecule has 1 saturated heterocycles. The zero-order valence-electron chi connectivity index (χ0n) is 10.7. The van der Waals surface area contributed by atoms with Crippen molar-refractivity contribution in [2.75, 3.05) is 36.9 Å². The maximum atomic E-state index is 8.73. The van der Waals surface area contributed by atoms with Gasteiger partial charge in [0.2, 0.25) is 0 Å². The van der Waals surface area contributed by atoms with Crippen molar-refractivity contribution in [3.05, 3.63) is 11.9 Å². The molecule has 6 nitrogen and oxygen atoms in total. The lowest BCUT2D eigenvalue weighted by molar-refractivity contribution is 0.0158. The molecule has 1 aromatic heterocycles. The van der Waals surface area contributed by atoms with E-state index in [4.69, 9.17) is 15.6 Å². The summed E-state index contributed by atoms with van der Waals surface area (Å²) in [4.78, 5) is 10.5. The molecule has 0 aromatic carbocycles. The molecule has 1 aliphatic heterocycles. The SMILES string of the molecule is Cc1c(N)ncnc1N1CCC(OCCO)CC1. The average molecular weight is 252 g/mol. The van der Waals surface area contributed by atoms with Crippen molar-refractivity contribution in [3.63, 3.8) is 0 Å². The van der Waals surface area contributed by atoms with E-state index in [1.54, 1.807) is 0 Å². The van der Waals surface area contributed by atoms with Gasteiger partial charge in [0.25, 0.3) is 0 Å². The zero-order chi connectivity index (χ0) is 13.0. The van der Waals surface area contributed by atoms with Crippen LogP contribution in [0.5, 0.6) is 0 Å². The van der Waals surface area contributed by atoms with E-state index in [-0.39, 0.29) is 12.7 Å². The first-order chi connectivity index (χ1) is 8.72. The fraction of sp³-hybridized carbons (Fsp3) is 0.667. The zero-order valence-corrected chi connectivity index (χ0v) is 10.7. The van der Waals surface area contributed by atoms with Gasteiger partial charge in [-0.3, -0.25) is 0 Å². The van der Waals surface area contributed by atoms with Crippen LogP contribution in [0.1, 0.15) is 18.4 Å². The number of ether oxygens (including phenoxy) is 1. The van der Waals surface area contributed by atoms with Gasteiger partial charge in [0.05, 0.1) is 19.3 Å². The monoisotopic (exact) mass is 252 g/mol. The van der Waals surface area contributed by atoms with Gasteiger partial charge in [0, 0.05) is 18.7 Å². The largest absolute Gasteiger partial charge is 0.394 e. The summed E-state index contributed by atoms with van der Waals surface area (Å²) in [7, 11) is 0. The third-order valence-electron chi connectivity index (χ3n) is 3.28. The maximum absolute atomic E-state index is 8.73.